The second-order valence-corrected chi connectivity index (χ2v) is 7.34. The molecule has 0 saturated carbocycles. The fourth-order valence-electron chi connectivity index (χ4n) is 3.56. The van der Waals surface area contributed by atoms with E-state index in [-0.39, 0.29) is 43.1 Å². The average molecular weight is 411 g/mol. The highest BCUT2D eigenvalue weighted by molar-refractivity contribution is 5.94. The van der Waals surface area contributed by atoms with Crippen LogP contribution < -0.4 is 5.32 Å². The van der Waals surface area contributed by atoms with E-state index in [0.717, 1.165) is 5.56 Å². The summed E-state index contributed by atoms with van der Waals surface area (Å²) < 4.78 is 17.1. The van der Waals surface area contributed by atoms with Crippen LogP contribution in [0.3, 0.4) is 0 Å². The summed E-state index contributed by atoms with van der Waals surface area (Å²) in [5.41, 5.74) is 1.56. The second-order valence-electron chi connectivity index (χ2n) is 7.34. The van der Waals surface area contributed by atoms with Gasteiger partial charge in [0.25, 0.3) is 11.8 Å². The SMILES string of the molecule is Cn1cc(C(=O)N2C[C@@H](F)C[C@H]2Cn2cc(C(=O)NCc3ccccc3)nn2)cn1. The maximum atomic E-state index is 14.1. The van der Waals surface area contributed by atoms with Crippen LogP contribution in [0.2, 0.25) is 0 Å². The summed E-state index contributed by atoms with van der Waals surface area (Å²) in [6.07, 6.45) is 3.69. The minimum absolute atomic E-state index is 0.0253. The molecule has 30 heavy (non-hydrogen) atoms. The van der Waals surface area contributed by atoms with E-state index in [4.69, 9.17) is 0 Å². The molecule has 3 heterocycles. The Kier molecular flexibility index (Phi) is 5.55. The summed E-state index contributed by atoms with van der Waals surface area (Å²) in [5, 5.41) is 14.7. The van der Waals surface area contributed by atoms with Gasteiger partial charge in [-0.15, -0.1) is 5.10 Å². The highest BCUT2D eigenvalue weighted by Gasteiger charge is 2.36. The van der Waals surface area contributed by atoms with Crippen molar-refractivity contribution < 1.29 is 14.0 Å². The molecule has 3 aromatic rings. The van der Waals surface area contributed by atoms with E-state index in [1.807, 2.05) is 30.3 Å². The number of amides is 2. The van der Waals surface area contributed by atoms with Gasteiger partial charge in [-0.3, -0.25) is 14.3 Å². The van der Waals surface area contributed by atoms with Crippen molar-refractivity contribution >= 4 is 11.8 Å². The molecule has 9 nitrogen and oxygen atoms in total. The van der Waals surface area contributed by atoms with Gasteiger partial charge >= 0.3 is 0 Å². The Morgan fingerprint density at radius 3 is 2.77 bits per heavy atom. The van der Waals surface area contributed by atoms with Crippen LogP contribution in [0, 0.1) is 0 Å². The molecule has 1 aromatic carbocycles. The van der Waals surface area contributed by atoms with Crippen LogP contribution in [0.15, 0.2) is 48.9 Å². The fraction of sp³-hybridized carbons (Fsp3) is 0.350. The molecule has 2 atom stereocenters. The number of alkyl halides is 1. The summed E-state index contributed by atoms with van der Waals surface area (Å²) >= 11 is 0. The van der Waals surface area contributed by atoms with Gasteiger partial charge in [0.05, 0.1) is 37.1 Å². The van der Waals surface area contributed by atoms with Crippen LogP contribution in [0.25, 0.3) is 0 Å². The van der Waals surface area contributed by atoms with E-state index in [9.17, 15) is 14.0 Å². The normalized spacial score (nSPS) is 18.5. The smallest absolute Gasteiger partial charge is 0.273 e. The van der Waals surface area contributed by atoms with E-state index in [2.05, 4.69) is 20.7 Å². The van der Waals surface area contributed by atoms with E-state index in [1.54, 1.807) is 13.2 Å². The van der Waals surface area contributed by atoms with Crippen molar-refractivity contribution in [2.75, 3.05) is 6.54 Å². The zero-order valence-corrected chi connectivity index (χ0v) is 16.5. The lowest BCUT2D eigenvalue weighted by Gasteiger charge is -2.23. The third kappa shape index (κ3) is 4.37. The van der Waals surface area contributed by atoms with Crippen molar-refractivity contribution in [2.24, 2.45) is 7.05 Å². The number of hydrogen-bond donors (Lipinski definition) is 1. The van der Waals surface area contributed by atoms with Gasteiger partial charge in [-0.05, 0) is 5.56 Å². The van der Waals surface area contributed by atoms with E-state index >= 15 is 0 Å². The number of aromatic nitrogens is 5. The first-order chi connectivity index (χ1) is 14.5. The summed E-state index contributed by atoms with van der Waals surface area (Å²) in [4.78, 5) is 26.6. The van der Waals surface area contributed by atoms with Crippen molar-refractivity contribution in [3.05, 3.63) is 65.7 Å². The third-order valence-electron chi connectivity index (χ3n) is 5.04. The largest absolute Gasteiger partial charge is 0.347 e. The number of carbonyl (C=O) groups is 2. The Morgan fingerprint density at radius 2 is 2.03 bits per heavy atom. The topological polar surface area (TPSA) is 97.9 Å². The number of benzene rings is 1. The number of aryl methyl sites for hydroxylation is 1. The van der Waals surface area contributed by atoms with E-state index < -0.39 is 6.17 Å². The Hall–Kier alpha value is -3.56. The lowest BCUT2D eigenvalue weighted by molar-refractivity contribution is 0.0714. The van der Waals surface area contributed by atoms with Crippen LogP contribution in [-0.4, -0.2) is 60.2 Å². The van der Waals surface area contributed by atoms with Crippen LogP contribution in [-0.2, 0) is 20.1 Å². The molecule has 1 N–H and O–H groups in total. The minimum atomic E-state index is -1.10. The van der Waals surface area contributed by atoms with E-state index in [0.29, 0.717) is 12.1 Å². The zero-order valence-electron chi connectivity index (χ0n) is 16.5. The van der Waals surface area contributed by atoms with Gasteiger partial charge in [-0.2, -0.15) is 5.10 Å². The second kappa shape index (κ2) is 8.44. The lowest BCUT2D eigenvalue weighted by atomic mass is 10.2. The first-order valence-corrected chi connectivity index (χ1v) is 9.65. The average Bonchev–Trinajstić information content (AvgIpc) is 3.47. The molecule has 0 spiro atoms. The lowest BCUT2D eigenvalue weighted by Crippen LogP contribution is -2.38. The van der Waals surface area contributed by atoms with Gasteiger partial charge < -0.3 is 10.2 Å². The Balaban J connectivity index is 1.39. The molecule has 0 bridgehead atoms. The third-order valence-corrected chi connectivity index (χ3v) is 5.04. The van der Waals surface area contributed by atoms with Crippen LogP contribution in [0.4, 0.5) is 4.39 Å². The van der Waals surface area contributed by atoms with Crippen molar-refractivity contribution in [2.45, 2.75) is 31.7 Å². The molecule has 1 aliphatic heterocycles. The minimum Gasteiger partial charge on any atom is -0.347 e. The Bertz CT molecular complexity index is 1030. The highest BCUT2D eigenvalue weighted by atomic mass is 19.1. The van der Waals surface area contributed by atoms with E-state index in [1.165, 1.54) is 26.7 Å². The Labute approximate surface area is 172 Å². The van der Waals surface area contributed by atoms with Gasteiger partial charge in [0.2, 0.25) is 0 Å². The molecule has 2 aromatic heterocycles. The van der Waals surface area contributed by atoms with Crippen molar-refractivity contribution in [3.63, 3.8) is 0 Å². The molecular formula is C20H22FN7O2. The number of nitrogens with one attached hydrogen (secondary N) is 1. The van der Waals surface area contributed by atoms with Crippen LogP contribution in [0.5, 0.6) is 0 Å². The molecule has 1 fully saturated rings. The molecule has 4 rings (SSSR count). The fourth-order valence-corrected chi connectivity index (χ4v) is 3.56. The van der Waals surface area contributed by atoms with Crippen molar-refractivity contribution in [1.29, 1.82) is 0 Å². The molecule has 156 valence electrons. The number of carbonyl (C=O) groups excluding carboxylic acids is 2. The number of rotatable bonds is 6. The number of hydrogen-bond acceptors (Lipinski definition) is 5. The molecule has 1 aliphatic rings. The molecule has 0 aliphatic carbocycles. The number of nitrogens with zero attached hydrogens (tertiary/aromatic N) is 6. The standard InChI is InChI=1S/C20H22FN7O2/c1-26-10-15(9-23-26)20(30)28-11-16(21)7-17(28)12-27-13-18(24-25-27)19(29)22-8-14-5-3-2-4-6-14/h2-6,9-10,13,16-17H,7-8,11-12H2,1H3,(H,22,29)/t16-,17-/m0/s1. The monoisotopic (exact) mass is 411 g/mol. The predicted octanol–water partition coefficient (Wildman–Crippen LogP) is 1.19. The first-order valence-electron chi connectivity index (χ1n) is 9.65. The molecule has 0 unspecified atom stereocenters. The molecule has 0 radical (unpaired) electrons. The molecule has 2 amide bonds. The van der Waals surface area contributed by atoms with Gasteiger partial charge in [-0.1, -0.05) is 35.5 Å². The Morgan fingerprint density at radius 1 is 1.23 bits per heavy atom. The maximum absolute atomic E-state index is 14.1. The van der Waals surface area contributed by atoms with Gasteiger partial charge in [0, 0.05) is 26.2 Å². The van der Waals surface area contributed by atoms with Crippen molar-refractivity contribution in [3.8, 4) is 0 Å². The summed E-state index contributed by atoms with van der Waals surface area (Å²) in [6, 6.07) is 9.16. The van der Waals surface area contributed by atoms with Crippen molar-refractivity contribution in [1.82, 2.24) is 35.0 Å². The van der Waals surface area contributed by atoms with Gasteiger partial charge in [0.15, 0.2) is 5.69 Å². The molecular weight excluding hydrogens is 389 g/mol. The molecule has 10 heteroatoms. The van der Waals surface area contributed by atoms with Gasteiger partial charge in [-0.25, -0.2) is 9.07 Å². The van der Waals surface area contributed by atoms with Crippen LogP contribution >= 0.6 is 0 Å². The summed E-state index contributed by atoms with van der Waals surface area (Å²) in [5.74, 6) is -0.614. The predicted molar refractivity (Wildman–Crippen MR) is 105 cm³/mol. The van der Waals surface area contributed by atoms with Crippen LogP contribution in [0.1, 0.15) is 32.8 Å². The summed E-state index contributed by atoms with van der Waals surface area (Å²) in [7, 11) is 1.72. The first kappa shape index (κ1) is 19.7. The zero-order chi connectivity index (χ0) is 21.1. The summed E-state index contributed by atoms with van der Waals surface area (Å²) in [6.45, 7) is 0.662. The number of likely N-dealkylation sites (tertiary alicyclic amines) is 1. The quantitative estimate of drug-likeness (QED) is 0.657. The molecule has 1 saturated heterocycles. The van der Waals surface area contributed by atoms with Gasteiger partial charge in [0.1, 0.15) is 6.17 Å². The highest BCUT2D eigenvalue weighted by Crippen LogP contribution is 2.24. The number of halogens is 1. The maximum Gasteiger partial charge on any atom is 0.273 e.